The summed E-state index contributed by atoms with van der Waals surface area (Å²) in [5.41, 5.74) is -1.10. The molecule has 1 aliphatic heterocycles. The summed E-state index contributed by atoms with van der Waals surface area (Å²) in [5.74, 6) is -0.580. The van der Waals surface area contributed by atoms with Gasteiger partial charge in [0.1, 0.15) is 5.54 Å². The number of rotatable bonds is 5. The van der Waals surface area contributed by atoms with Gasteiger partial charge in [-0.15, -0.1) is 10.2 Å². The zero-order valence-electron chi connectivity index (χ0n) is 12.2. The van der Waals surface area contributed by atoms with Crippen molar-refractivity contribution in [3.05, 3.63) is 5.82 Å². The Labute approximate surface area is 122 Å². The maximum absolute atomic E-state index is 12.4. The number of carbonyl (C=O) groups excluding carboxylic acids is 1. The smallest absolute Gasteiger partial charge is 0.329 e. The van der Waals surface area contributed by atoms with Crippen LogP contribution in [-0.4, -0.2) is 54.7 Å². The molecule has 0 radical (unpaired) electrons. The highest BCUT2D eigenvalue weighted by molar-refractivity contribution is 5.87. The van der Waals surface area contributed by atoms with Crippen LogP contribution in [0.2, 0.25) is 0 Å². The first kappa shape index (κ1) is 15.2. The van der Waals surface area contributed by atoms with Gasteiger partial charge in [-0.3, -0.25) is 0 Å². The van der Waals surface area contributed by atoms with E-state index >= 15 is 0 Å². The summed E-state index contributed by atoms with van der Waals surface area (Å²) in [7, 11) is 0. The van der Waals surface area contributed by atoms with Crippen LogP contribution in [0.15, 0.2) is 0 Å². The van der Waals surface area contributed by atoms with E-state index in [-0.39, 0.29) is 0 Å². The molecule has 9 heteroatoms. The number of carbonyl (C=O) groups is 2. The first-order valence-corrected chi connectivity index (χ1v) is 7.06. The Morgan fingerprint density at radius 1 is 1.57 bits per heavy atom. The molecule has 1 aromatic heterocycles. The maximum Gasteiger partial charge on any atom is 0.329 e. The quantitative estimate of drug-likeness (QED) is 0.734. The number of nitrogens with one attached hydrogen (secondary N) is 2. The van der Waals surface area contributed by atoms with Crippen molar-refractivity contribution in [3.63, 3.8) is 0 Å². The first-order valence-electron chi connectivity index (χ1n) is 7.06. The molecular weight excluding hydrogens is 276 g/mol. The van der Waals surface area contributed by atoms with Crippen molar-refractivity contribution in [1.82, 2.24) is 30.8 Å². The SMILES string of the molecule is CCCC1(C(=O)O)CCCN1C(=O)NC(C)c1nn[nH]n1. The third-order valence-corrected chi connectivity index (χ3v) is 3.88. The highest BCUT2D eigenvalue weighted by atomic mass is 16.4. The lowest BCUT2D eigenvalue weighted by Gasteiger charge is -2.35. The van der Waals surface area contributed by atoms with Gasteiger partial charge in [0.05, 0.1) is 6.04 Å². The summed E-state index contributed by atoms with van der Waals surface area (Å²) in [5, 5.41) is 25.7. The maximum atomic E-state index is 12.4. The zero-order chi connectivity index (χ0) is 15.5. The Hall–Kier alpha value is -2.19. The van der Waals surface area contributed by atoms with Crippen molar-refractivity contribution in [3.8, 4) is 0 Å². The molecule has 1 aliphatic rings. The number of carboxylic acid groups (broad SMARTS) is 1. The molecule has 2 heterocycles. The van der Waals surface area contributed by atoms with Crippen molar-refractivity contribution in [2.24, 2.45) is 0 Å². The number of tetrazole rings is 1. The standard InChI is InChI=1S/C12H20N6O3/c1-3-5-12(10(19)20)6-4-7-18(12)11(21)13-8(2)9-14-16-17-15-9/h8H,3-7H2,1-2H3,(H,13,21)(H,19,20)(H,14,15,16,17). The molecule has 0 aliphatic carbocycles. The Bertz CT molecular complexity index is 505. The van der Waals surface area contributed by atoms with Crippen LogP contribution in [0.25, 0.3) is 0 Å². The van der Waals surface area contributed by atoms with E-state index in [4.69, 9.17) is 0 Å². The molecule has 0 aromatic carbocycles. The molecule has 2 rings (SSSR count). The predicted octanol–water partition coefficient (Wildman–Crippen LogP) is 0.690. The average molecular weight is 296 g/mol. The average Bonchev–Trinajstić information content (AvgIpc) is 3.08. The van der Waals surface area contributed by atoms with E-state index in [2.05, 4.69) is 25.9 Å². The molecule has 0 saturated carbocycles. The molecule has 9 nitrogen and oxygen atoms in total. The highest BCUT2D eigenvalue weighted by Crippen LogP contribution is 2.34. The number of amides is 2. The van der Waals surface area contributed by atoms with Crippen molar-refractivity contribution in [2.75, 3.05) is 6.54 Å². The monoisotopic (exact) mass is 296 g/mol. The first-order chi connectivity index (χ1) is 10.0. The van der Waals surface area contributed by atoms with Crippen molar-refractivity contribution in [2.45, 2.75) is 51.1 Å². The van der Waals surface area contributed by atoms with Crippen LogP contribution in [0.5, 0.6) is 0 Å². The molecule has 2 atom stereocenters. The Morgan fingerprint density at radius 2 is 2.33 bits per heavy atom. The minimum Gasteiger partial charge on any atom is -0.479 e. The van der Waals surface area contributed by atoms with Gasteiger partial charge in [-0.25, -0.2) is 9.59 Å². The normalized spacial score (nSPS) is 23.0. The fourth-order valence-corrected chi connectivity index (χ4v) is 2.86. The van der Waals surface area contributed by atoms with Crippen molar-refractivity contribution >= 4 is 12.0 Å². The molecule has 0 bridgehead atoms. The molecule has 0 spiro atoms. The van der Waals surface area contributed by atoms with E-state index in [0.717, 1.165) is 0 Å². The molecular formula is C12H20N6O3. The summed E-state index contributed by atoms with van der Waals surface area (Å²) in [4.78, 5) is 25.5. The Morgan fingerprint density at radius 3 is 2.90 bits per heavy atom. The number of aromatic nitrogens is 4. The van der Waals surface area contributed by atoms with Gasteiger partial charge < -0.3 is 15.3 Å². The predicted molar refractivity (Wildman–Crippen MR) is 72.3 cm³/mol. The van der Waals surface area contributed by atoms with Crippen LogP contribution in [0.4, 0.5) is 4.79 Å². The van der Waals surface area contributed by atoms with Gasteiger partial charge >= 0.3 is 12.0 Å². The number of hydrogen-bond donors (Lipinski definition) is 3. The summed E-state index contributed by atoms with van der Waals surface area (Å²) in [6.07, 6.45) is 2.33. The van der Waals surface area contributed by atoms with Crippen LogP contribution < -0.4 is 5.32 Å². The summed E-state index contributed by atoms with van der Waals surface area (Å²) < 4.78 is 0. The topological polar surface area (TPSA) is 124 Å². The van der Waals surface area contributed by atoms with Crippen LogP contribution in [-0.2, 0) is 4.79 Å². The fraction of sp³-hybridized carbons (Fsp3) is 0.750. The number of likely N-dealkylation sites (tertiary alicyclic amines) is 1. The molecule has 2 unspecified atom stereocenters. The summed E-state index contributed by atoms with van der Waals surface area (Å²) in [6, 6.07) is -0.842. The Kier molecular flexibility index (Phi) is 4.39. The lowest BCUT2D eigenvalue weighted by molar-refractivity contribution is -0.148. The molecule has 1 saturated heterocycles. The number of H-pyrrole nitrogens is 1. The van der Waals surface area contributed by atoms with Gasteiger partial charge in [-0.1, -0.05) is 18.6 Å². The van der Waals surface area contributed by atoms with E-state index in [1.165, 1.54) is 4.90 Å². The van der Waals surface area contributed by atoms with Gasteiger partial charge in [0, 0.05) is 6.54 Å². The van der Waals surface area contributed by atoms with Gasteiger partial charge in [0.25, 0.3) is 0 Å². The highest BCUT2D eigenvalue weighted by Gasteiger charge is 2.49. The van der Waals surface area contributed by atoms with E-state index in [1.54, 1.807) is 6.92 Å². The van der Waals surface area contributed by atoms with Crippen molar-refractivity contribution < 1.29 is 14.7 Å². The Balaban J connectivity index is 2.11. The summed E-state index contributed by atoms with van der Waals surface area (Å²) >= 11 is 0. The van der Waals surface area contributed by atoms with Crippen LogP contribution in [0.3, 0.4) is 0 Å². The zero-order valence-corrected chi connectivity index (χ0v) is 12.2. The molecule has 116 valence electrons. The number of aromatic amines is 1. The lowest BCUT2D eigenvalue weighted by Crippen LogP contribution is -2.56. The second-order valence-electron chi connectivity index (χ2n) is 5.28. The minimum absolute atomic E-state index is 0.360. The third kappa shape index (κ3) is 2.81. The molecule has 1 fully saturated rings. The van der Waals surface area contributed by atoms with E-state index in [0.29, 0.717) is 38.1 Å². The second kappa shape index (κ2) is 6.06. The van der Waals surface area contributed by atoms with Gasteiger partial charge in [-0.2, -0.15) is 5.21 Å². The van der Waals surface area contributed by atoms with Crippen LogP contribution >= 0.6 is 0 Å². The van der Waals surface area contributed by atoms with E-state index in [9.17, 15) is 14.7 Å². The van der Waals surface area contributed by atoms with E-state index in [1.807, 2.05) is 6.92 Å². The van der Waals surface area contributed by atoms with Crippen LogP contribution in [0, 0.1) is 0 Å². The number of hydrogen-bond acceptors (Lipinski definition) is 5. The van der Waals surface area contributed by atoms with Gasteiger partial charge in [0.2, 0.25) is 0 Å². The number of carboxylic acids is 1. The van der Waals surface area contributed by atoms with Crippen molar-refractivity contribution in [1.29, 1.82) is 0 Å². The molecule has 21 heavy (non-hydrogen) atoms. The number of urea groups is 1. The number of nitrogens with zero attached hydrogens (tertiary/aromatic N) is 4. The minimum atomic E-state index is -1.10. The summed E-state index contributed by atoms with van der Waals surface area (Å²) in [6.45, 7) is 4.08. The van der Waals surface area contributed by atoms with E-state index < -0.39 is 23.6 Å². The number of aliphatic carboxylic acids is 1. The van der Waals surface area contributed by atoms with Gasteiger partial charge in [0.15, 0.2) is 5.82 Å². The van der Waals surface area contributed by atoms with Crippen LogP contribution in [0.1, 0.15) is 51.4 Å². The molecule has 1 aromatic rings. The fourth-order valence-electron chi connectivity index (χ4n) is 2.86. The lowest BCUT2D eigenvalue weighted by atomic mass is 9.91. The largest absolute Gasteiger partial charge is 0.479 e. The molecule has 2 amide bonds. The second-order valence-corrected chi connectivity index (χ2v) is 5.28. The third-order valence-electron chi connectivity index (χ3n) is 3.88. The molecule has 3 N–H and O–H groups in total. The van der Waals surface area contributed by atoms with Gasteiger partial charge in [-0.05, 0) is 26.2 Å².